The van der Waals surface area contributed by atoms with E-state index >= 15 is 0 Å². The number of aromatic nitrogens is 1. The molecule has 2 aromatic rings. The summed E-state index contributed by atoms with van der Waals surface area (Å²) in [6.45, 7) is 0. The average Bonchev–Trinajstić information content (AvgIpc) is 2.74. The minimum atomic E-state index is -0.730. The molecular formula is C14H11FN2O2. The van der Waals surface area contributed by atoms with Crippen LogP contribution < -0.4 is 10.1 Å². The Balaban J connectivity index is 2.14. The van der Waals surface area contributed by atoms with Crippen LogP contribution in [0.15, 0.2) is 36.4 Å². The van der Waals surface area contributed by atoms with E-state index in [0.717, 1.165) is 0 Å². The lowest BCUT2D eigenvalue weighted by molar-refractivity contribution is -0.116. The fourth-order valence-electron chi connectivity index (χ4n) is 2.22. The second kappa shape index (κ2) is 4.35. The van der Waals surface area contributed by atoms with Gasteiger partial charge in [-0.2, -0.15) is 0 Å². The molecule has 19 heavy (non-hydrogen) atoms. The highest BCUT2D eigenvalue weighted by molar-refractivity contribution is 6.04. The van der Waals surface area contributed by atoms with Gasteiger partial charge in [0.2, 0.25) is 11.8 Å². The second-order valence-corrected chi connectivity index (χ2v) is 4.23. The van der Waals surface area contributed by atoms with Crippen molar-refractivity contribution >= 4 is 11.6 Å². The van der Waals surface area contributed by atoms with Crippen LogP contribution in [0.25, 0.3) is 0 Å². The first-order valence-electron chi connectivity index (χ1n) is 5.81. The summed E-state index contributed by atoms with van der Waals surface area (Å²) in [6, 6.07) is 9.58. The topological polar surface area (TPSA) is 51.2 Å². The molecule has 4 nitrogen and oxygen atoms in total. The van der Waals surface area contributed by atoms with Crippen LogP contribution in [0.5, 0.6) is 5.88 Å². The Morgan fingerprint density at radius 1 is 1.26 bits per heavy atom. The van der Waals surface area contributed by atoms with Crippen molar-refractivity contribution in [2.75, 3.05) is 12.4 Å². The molecule has 0 saturated heterocycles. The van der Waals surface area contributed by atoms with Crippen molar-refractivity contribution in [2.24, 2.45) is 0 Å². The van der Waals surface area contributed by atoms with E-state index in [1.807, 2.05) is 0 Å². The van der Waals surface area contributed by atoms with Crippen molar-refractivity contribution in [1.29, 1.82) is 0 Å². The molecule has 0 aliphatic carbocycles. The summed E-state index contributed by atoms with van der Waals surface area (Å²) in [5, 5.41) is 2.70. The van der Waals surface area contributed by atoms with Gasteiger partial charge in [-0.3, -0.25) is 4.79 Å². The zero-order valence-electron chi connectivity index (χ0n) is 10.2. The van der Waals surface area contributed by atoms with Crippen LogP contribution >= 0.6 is 0 Å². The summed E-state index contributed by atoms with van der Waals surface area (Å²) in [6.07, 6.45) is 0. The molecule has 1 N–H and O–H groups in total. The molecule has 1 aromatic carbocycles. The number of benzene rings is 1. The summed E-state index contributed by atoms with van der Waals surface area (Å²) < 4.78 is 18.9. The van der Waals surface area contributed by atoms with Gasteiger partial charge in [-0.1, -0.05) is 18.2 Å². The molecule has 1 aliphatic rings. The number of hydrogen-bond acceptors (Lipinski definition) is 3. The van der Waals surface area contributed by atoms with Crippen LogP contribution in [-0.4, -0.2) is 18.0 Å². The molecule has 2 heterocycles. The Morgan fingerprint density at radius 2 is 2.05 bits per heavy atom. The highest BCUT2D eigenvalue weighted by Crippen LogP contribution is 2.37. The summed E-state index contributed by atoms with van der Waals surface area (Å²) in [5.74, 6) is -1.02. The third-order valence-corrected chi connectivity index (χ3v) is 3.12. The van der Waals surface area contributed by atoms with E-state index in [1.165, 1.54) is 13.2 Å². The van der Waals surface area contributed by atoms with Crippen molar-refractivity contribution in [3.63, 3.8) is 0 Å². The van der Waals surface area contributed by atoms with Gasteiger partial charge < -0.3 is 10.1 Å². The maximum Gasteiger partial charge on any atom is 0.238 e. The summed E-state index contributed by atoms with van der Waals surface area (Å²) in [7, 11) is 1.50. The van der Waals surface area contributed by atoms with Gasteiger partial charge in [0.25, 0.3) is 0 Å². The minimum Gasteiger partial charge on any atom is -0.481 e. The molecule has 0 fully saturated rings. The summed E-state index contributed by atoms with van der Waals surface area (Å²) in [5.41, 5.74) is 1.41. The van der Waals surface area contributed by atoms with Gasteiger partial charge in [0.05, 0.1) is 18.5 Å². The maximum atomic E-state index is 13.9. The SMILES string of the molecule is COc1ccc2c(n1)C(c1ccccc1F)C(=O)N2. The van der Waals surface area contributed by atoms with Gasteiger partial charge in [-0.15, -0.1) is 0 Å². The van der Waals surface area contributed by atoms with E-state index in [9.17, 15) is 9.18 Å². The van der Waals surface area contributed by atoms with Crippen LogP contribution in [0.4, 0.5) is 10.1 Å². The Labute approximate surface area is 109 Å². The number of methoxy groups -OCH3 is 1. The Morgan fingerprint density at radius 3 is 2.79 bits per heavy atom. The van der Waals surface area contributed by atoms with E-state index < -0.39 is 11.7 Å². The largest absolute Gasteiger partial charge is 0.481 e. The van der Waals surface area contributed by atoms with Crippen LogP contribution in [0.2, 0.25) is 0 Å². The van der Waals surface area contributed by atoms with Gasteiger partial charge in [-0.05, 0) is 12.1 Å². The van der Waals surface area contributed by atoms with E-state index in [2.05, 4.69) is 10.3 Å². The van der Waals surface area contributed by atoms with Gasteiger partial charge >= 0.3 is 0 Å². The first kappa shape index (κ1) is 11.6. The van der Waals surface area contributed by atoms with Crippen molar-refractivity contribution < 1.29 is 13.9 Å². The van der Waals surface area contributed by atoms with E-state index in [4.69, 9.17) is 4.74 Å². The predicted octanol–water partition coefficient (Wildman–Crippen LogP) is 2.31. The van der Waals surface area contributed by atoms with Gasteiger partial charge in [-0.25, -0.2) is 9.37 Å². The highest BCUT2D eigenvalue weighted by Gasteiger charge is 2.35. The van der Waals surface area contributed by atoms with Crippen molar-refractivity contribution in [2.45, 2.75) is 5.92 Å². The number of fused-ring (bicyclic) bond motifs is 1. The number of nitrogens with zero attached hydrogens (tertiary/aromatic N) is 1. The zero-order valence-corrected chi connectivity index (χ0v) is 10.2. The number of pyridine rings is 1. The number of carbonyl (C=O) groups is 1. The molecule has 1 amide bonds. The number of nitrogens with one attached hydrogen (secondary N) is 1. The third-order valence-electron chi connectivity index (χ3n) is 3.12. The van der Waals surface area contributed by atoms with Crippen molar-refractivity contribution in [3.8, 4) is 5.88 Å². The average molecular weight is 258 g/mol. The molecule has 5 heteroatoms. The highest BCUT2D eigenvalue weighted by atomic mass is 19.1. The first-order valence-corrected chi connectivity index (χ1v) is 5.81. The van der Waals surface area contributed by atoms with Crippen molar-refractivity contribution in [1.82, 2.24) is 4.98 Å². The fourth-order valence-corrected chi connectivity index (χ4v) is 2.22. The number of carbonyl (C=O) groups excluding carboxylic acids is 1. The summed E-state index contributed by atoms with van der Waals surface area (Å²) >= 11 is 0. The van der Waals surface area contributed by atoms with E-state index in [-0.39, 0.29) is 5.91 Å². The Kier molecular flexibility index (Phi) is 2.67. The van der Waals surface area contributed by atoms with Crippen LogP contribution in [0, 0.1) is 5.82 Å². The molecule has 0 saturated carbocycles. The predicted molar refractivity (Wildman–Crippen MR) is 67.7 cm³/mol. The molecule has 1 unspecified atom stereocenters. The van der Waals surface area contributed by atoms with Crippen LogP contribution in [-0.2, 0) is 4.79 Å². The van der Waals surface area contributed by atoms with E-state index in [1.54, 1.807) is 30.3 Å². The number of anilines is 1. The van der Waals surface area contributed by atoms with Gasteiger partial charge in [0.15, 0.2) is 0 Å². The zero-order chi connectivity index (χ0) is 13.4. The molecule has 0 radical (unpaired) electrons. The molecular weight excluding hydrogens is 247 g/mol. The first-order chi connectivity index (χ1) is 9.20. The molecule has 1 aliphatic heterocycles. The lowest BCUT2D eigenvalue weighted by Crippen LogP contribution is -2.14. The van der Waals surface area contributed by atoms with Crippen LogP contribution in [0.1, 0.15) is 17.2 Å². The minimum absolute atomic E-state index is 0.277. The number of rotatable bonds is 2. The van der Waals surface area contributed by atoms with Crippen LogP contribution in [0.3, 0.4) is 0 Å². The molecule has 1 aromatic heterocycles. The summed E-state index contributed by atoms with van der Waals surface area (Å²) in [4.78, 5) is 16.3. The third kappa shape index (κ3) is 1.83. The number of halogens is 1. The standard InChI is InChI=1S/C14H11FN2O2/c1-19-11-7-6-10-13(17-11)12(14(18)16-10)8-4-2-3-5-9(8)15/h2-7,12H,1H3,(H,16,18). The smallest absolute Gasteiger partial charge is 0.238 e. The lowest BCUT2D eigenvalue weighted by atomic mass is 9.96. The number of ether oxygens (including phenoxy) is 1. The quantitative estimate of drug-likeness (QED) is 0.899. The fraction of sp³-hybridized carbons (Fsp3) is 0.143. The van der Waals surface area contributed by atoms with Gasteiger partial charge in [0, 0.05) is 11.6 Å². The normalized spacial score (nSPS) is 16.9. The monoisotopic (exact) mass is 258 g/mol. The molecule has 96 valence electrons. The Bertz CT molecular complexity index is 658. The molecule has 0 bridgehead atoms. The number of hydrogen-bond donors (Lipinski definition) is 1. The molecule has 3 rings (SSSR count). The Hall–Kier alpha value is -2.43. The van der Waals surface area contributed by atoms with Gasteiger partial charge in [0.1, 0.15) is 11.7 Å². The molecule has 1 atom stereocenters. The van der Waals surface area contributed by atoms with Crippen molar-refractivity contribution in [3.05, 3.63) is 53.5 Å². The van der Waals surface area contributed by atoms with E-state index in [0.29, 0.717) is 22.8 Å². The number of amides is 1. The maximum absolute atomic E-state index is 13.9. The second-order valence-electron chi connectivity index (χ2n) is 4.23. The lowest BCUT2D eigenvalue weighted by Gasteiger charge is -2.10. The molecule has 0 spiro atoms.